The SMILES string of the molecule is CC1(C)C=C(c2ccccc2)NC1. The highest BCUT2D eigenvalue weighted by Crippen LogP contribution is 2.28. The first kappa shape index (κ1) is 8.36. The zero-order valence-electron chi connectivity index (χ0n) is 8.17. The van der Waals surface area contributed by atoms with Crippen molar-refractivity contribution in [3.63, 3.8) is 0 Å². The van der Waals surface area contributed by atoms with Gasteiger partial charge in [0.05, 0.1) is 0 Å². The highest BCUT2D eigenvalue weighted by Gasteiger charge is 2.22. The molecule has 0 saturated heterocycles. The highest BCUT2D eigenvalue weighted by molar-refractivity contribution is 5.66. The predicted molar refractivity (Wildman–Crippen MR) is 56.2 cm³/mol. The molecule has 1 aromatic carbocycles. The Morgan fingerprint density at radius 1 is 1.15 bits per heavy atom. The van der Waals surface area contributed by atoms with Crippen molar-refractivity contribution in [2.45, 2.75) is 13.8 Å². The van der Waals surface area contributed by atoms with Gasteiger partial charge in [0.25, 0.3) is 0 Å². The molecule has 2 rings (SSSR count). The quantitative estimate of drug-likeness (QED) is 0.688. The van der Waals surface area contributed by atoms with Crippen LogP contribution in [-0.2, 0) is 0 Å². The molecule has 0 unspecified atom stereocenters. The molecule has 0 spiro atoms. The van der Waals surface area contributed by atoms with Gasteiger partial charge in [-0.2, -0.15) is 0 Å². The van der Waals surface area contributed by atoms with Crippen LogP contribution in [0.25, 0.3) is 5.70 Å². The van der Waals surface area contributed by atoms with E-state index in [-0.39, 0.29) is 0 Å². The summed E-state index contributed by atoms with van der Waals surface area (Å²) >= 11 is 0. The Morgan fingerprint density at radius 2 is 1.85 bits per heavy atom. The third kappa shape index (κ3) is 1.74. The van der Waals surface area contributed by atoms with Crippen molar-refractivity contribution in [1.82, 2.24) is 5.32 Å². The van der Waals surface area contributed by atoms with E-state index >= 15 is 0 Å². The molecule has 0 aromatic heterocycles. The van der Waals surface area contributed by atoms with Crippen molar-refractivity contribution in [1.29, 1.82) is 0 Å². The molecule has 1 nitrogen and oxygen atoms in total. The summed E-state index contributed by atoms with van der Waals surface area (Å²) < 4.78 is 0. The van der Waals surface area contributed by atoms with Crippen molar-refractivity contribution in [3.05, 3.63) is 42.0 Å². The number of hydrogen-bond acceptors (Lipinski definition) is 1. The number of hydrogen-bond donors (Lipinski definition) is 1. The van der Waals surface area contributed by atoms with E-state index in [1.54, 1.807) is 0 Å². The fourth-order valence-electron chi connectivity index (χ4n) is 1.62. The summed E-state index contributed by atoms with van der Waals surface area (Å²) in [6.45, 7) is 5.53. The summed E-state index contributed by atoms with van der Waals surface area (Å²) in [5.41, 5.74) is 2.85. The molecule has 0 fully saturated rings. The van der Waals surface area contributed by atoms with Crippen LogP contribution in [0.4, 0.5) is 0 Å². The maximum absolute atomic E-state index is 3.42. The van der Waals surface area contributed by atoms with Gasteiger partial charge in [-0.25, -0.2) is 0 Å². The van der Waals surface area contributed by atoms with Crippen LogP contribution in [0.2, 0.25) is 0 Å². The Balaban J connectivity index is 2.30. The largest absolute Gasteiger partial charge is 0.384 e. The molecule has 68 valence electrons. The van der Waals surface area contributed by atoms with E-state index in [0.29, 0.717) is 5.41 Å². The van der Waals surface area contributed by atoms with Gasteiger partial charge in [0, 0.05) is 17.7 Å². The summed E-state index contributed by atoms with van der Waals surface area (Å²) in [7, 11) is 0. The average molecular weight is 173 g/mol. The van der Waals surface area contributed by atoms with Crippen LogP contribution in [-0.4, -0.2) is 6.54 Å². The molecule has 0 bridgehead atoms. The number of benzene rings is 1. The van der Waals surface area contributed by atoms with Crippen LogP contribution in [0.1, 0.15) is 19.4 Å². The van der Waals surface area contributed by atoms with Crippen molar-refractivity contribution in [2.24, 2.45) is 5.41 Å². The molecule has 0 amide bonds. The van der Waals surface area contributed by atoms with Gasteiger partial charge in [-0.1, -0.05) is 50.3 Å². The molecular weight excluding hydrogens is 158 g/mol. The van der Waals surface area contributed by atoms with E-state index in [0.717, 1.165) is 6.54 Å². The Labute approximate surface area is 79.5 Å². The number of nitrogens with one attached hydrogen (secondary N) is 1. The highest BCUT2D eigenvalue weighted by atomic mass is 14.9. The van der Waals surface area contributed by atoms with Gasteiger partial charge in [0.2, 0.25) is 0 Å². The monoisotopic (exact) mass is 173 g/mol. The van der Waals surface area contributed by atoms with E-state index in [2.05, 4.69) is 49.5 Å². The van der Waals surface area contributed by atoms with Gasteiger partial charge in [-0.15, -0.1) is 0 Å². The first-order chi connectivity index (χ1) is 6.17. The number of rotatable bonds is 1. The molecule has 0 radical (unpaired) electrons. The van der Waals surface area contributed by atoms with E-state index < -0.39 is 0 Å². The van der Waals surface area contributed by atoms with Crippen LogP contribution in [0.5, 0.6) is 0 Å². The lowest BCUT2D eigenvalue weighted by Gasteiger charge is -2.11. The third-order valence-electron chi connectivity index (χ3n) is 2.35. The molecule has 0 saturated carbocycles. The zero-order chi connectivity index (χ0) is 9.31. The standard InChI is InChI=1S/C12H15N/c1-12(2)8-11(13-9-12)10-6-4-3-5-7-10/h3-8,13H,9H2,1-2H3. The van der Waals surface area contributed by atoms with Gasteiger partial charge in [-0.3, -0.25) is 0 Å². The lowest BCUT2D eigenvalue weighted by atomic mass is 9.95. The molecule has 1 heterocycles. The topological polar surface area (TPSA) is 12.0 Å². The van der Waals surface area contributed by atoms with Crippen LogP contribution in [0, 0.1) is 5.41 Å². The van der Waals surface area contributed by atoms with Crippen molar-refractivity contribution in [3.8, 4) is 0 Å². The zero-order valence-corrected chi connectivity index (χ0v) is 8.17. The molecule has 1 heteroatoms. The van der Waals surface area contributed by atoms with Gasteiger partial charge in [-0.05, 0) is 5.56 Å². The summed E-state index contributed by atoms with van der Waals surface area (Å²) in [5.74, 6) is 0. The third-order valence-corrected chi connectivity index (χ3v) is 2.35. The lowest BCUT2D eigenvalue weighted by Crippen LogP contribution is -2.17. The molecule has 1 aliphatic heterocycles. The van der Waals surface area contributed by atoms with Crippen LogP contribution < -0.4 is 5.32 Å². The summed E-state index contributed by atoms with van der Waals surface area (Å²) in [6, 6.07) is 10.5. The van der Waals surface area contributed by atoms with E-state index in [4.69, 9.17) is 0 Å². The molecular formula is C12H15N. The fraction of sp³-hybridized carbons (Fsp3) is 0.333. The minimum atomic E-state index is 0.297. The van der Waals surface area contributed by atoms with Gasteiger partial charge >= 0.3 is 0 Å². The van der Waals surface area contributed by atoms with E-state index in [1.807, 2.05) is 6.07 Å². The second-order valence-corrected chi connectivity index (χ2v) is 4.27. The molecule has 1 aliphatic rings. The van der Waals surface area contributed by atoms with Crippen molar-refractivity contribution < 1.29 is 0 Å². The maximum atomic E-state index is 3.42. The van der Waals surface area contributed by atoms with Gasteiger partial charge < -0.3 is 5.32 Å². The molecule has 1 aromatic rings. The van der Waals surface area contributed by atoms with Crippen LogP contribution in [0.3, 0.4) is 0 Å². The molecule has 0 aliphatic carbocycles. The Bertz CT molecular complexity index is 322. The van der Waals surface area contributed by atoms with Crippen molar-refractivity contribution in [2.75, 3.05) is 6.54 Å². The van der Waals surface area contributed by atoms with Crippen LogP contribution in [0.15, 0.2) is 36.4 Å². The normalized spacial score (nSPS) is 19.4. The first-order valence-electron chi connectivity index (χ1n) is 4.70. The smallest absolute Gasteiger partial charge is 0.0379 e. The second kappa shape index (κ2) is 2.91. The predicted octanol–water partition coefficient (Wildman–Crippen LogP) is 2.66. The van der Waals surface area contributed by atoms with Gasteiger partial charge in [0.15, 0.2) is 0 Å². The van der Waals surface area contributed by atoms with E-state index in [1.165, 1.54) is 11.3 Å². The van der Waals surface area contributed by atoms with E-state index in [9.17, 15) is 0 Å². The summed E-state index contributed by atoms with van der Waals surface area (Å²) in [4.78, 5) is 0. The average Bonchev–Trinajstić information content (AvgIpc) is 2.48. The van der Waals surface area contributed by atoms with Crippen molar-refractivity contribution >= 4 is 5.70 Å². The lowest BCUT2D eigenvalue weighted by molar-refractivity contribution is 0.497. The maximum Gasteiger partial charge on any atom is 0.0379 e. The first-order valence-corrected chi connectivity index (χ1v) is 4.70. The molecule has 13 heavy (non-hydrogen) atoms. The Kier molecular flexibility index (Phi) is 1.87. The molecule has 0 atom stereocenters. The Hall–Kier alpha value is -1.24. The molecule has 1 N–H and O–H groups in total. The minimum absolute atomic E-state index is 0.297. The van der Waals surface area contributed by atoms with Gasteiger partial charge in [0.1, 0.15) is 0 Å². The Morgan fingerprint density at radius 3 is 2.38 bits per heavy atom. The summed E-state index contributed by atoms with van der Waals surface area (Å²) in [6.07, 6.45) is 2.31. The fourth-order valence-corrected chi connectivity index (χ4v) is 1.62. The summed E-state index contributed by atoms with van der Waals surface area (Å²) in [5, 5.41) is 3.42. The van der Waals surface area contributed by atoms with Crippen LogP contribution >= 0.6 is 0 Å². The minimum Gasteiger partial charge on any atom is -0.384 e. The second-order valence-electron chi connectivity index (χ2n) is 4.27.